The second-order valence-corrected chi connectivity index (χ2v) is 8.24. The third-order valence-corrected chi connectivity index (χ3v) is 5.89. The summed E-state index contributed by atoms with van der Waals surface area (Å²) < 4.78 is 6.73. The fourth-order valence-electron chi connectivity index (χ4n) is 2.18. The summed E-state index contributed by atoms with van der Waals surface area (Å²) in [5.41, 5.74) is 0.965. The number of benzene rings is 1. The number of nitrogens with one attached hydrogen (secondary N) is 1. The highest BCUT2D eigenvalue weighted by atomic mass is 79.9. The van der Waals surface area contributed by atoms with Crippen molar-refractivity contribution in [2.75, 3.05) is 0 Å². The van der Waals surface area contributed by atoms with Crippen molar-refractivity contribution in [3.05, 3.63) is 52.1 Å². The Morgan fingerprint density at radius 3 is 2.88 bits per heavy atom. The van der Waals surface area contributed by atoms with Crippen LogP contribution in [-0.4, -0.2) is 25.4 Å². The Bertz CT molecular complexity index is 982. The molecule has 0 aliphatic heterocycles. The largest absolute Gasteiger partial charge is 0.419 e. The normalized spacial score (nSPS) is 12.4. The molecule has 6 nitrogen and oxygen atoms in total. The van der Waals surface area contributed by atoms with Gasteiger partial charge in [-0.1, -0.05) is 52.0 Å². The summed E-state index contributed by atoms with van der Waals surface area (Å²) >= 11 is 6.56. The van der Waals surface area contributed by atoms with Gasteiger partial charge in [0.1, 0.15) is 0 Å². The number of aromatic amines is 1. The molecule has 1 N–H and O–H groups in total. The number of nitrogens with zero attached hydrogens (tertiary/aromatic N) is 4. The van der Waals surface area contributed by atoms with Crippen molar-refractivity contribution in [3.63, 3.8) is 0 Å². The van der Waals surface area contributed by atoms with Crippen molar-refractivity contribution in [2.24, 2.45) is 0 Å². The number of hydrogen-bond donors (Lipinski definition) is 1. The topological polar surface area (TPSA) is 80.5 Å². The van der Waals surface area contributed by atoms with Gasteiger partial charge in [-0.25, -0.2) is 4.98 Å². The predicted molar refractivity (Wildman–Crippen MR) is 101 cm³/mol. The van der Waals surface area contributed by atoms with E-state index in [4.69, 9.17) is 4.42 Å². The smallest absolute Gasteiger partial charge is 0.257 e. The summed E-state index contributed by atoms with van der Waals surface area (Å²) in [5, 5.41) is 18.1. The predicted octanol–water partition coefficient (Wildman–Crippen LogP) is 5.20. The van der Waals surface area contributed by atoms with E-state index in [0.29, 0.717) is 22.8 Å². The van der Waals surface area contributed by atoms with E-state index in [1.165, 1.54) is 11.8 Å². The van der Waals surface area contributed by atoms with Crippen LogP contribution in [0.3, 0.4) is 0 Å². The summed E-state index contributed by atoms with van der Waals surface area (Å²) in [5.74, 6) is 1.81. The van der Waals surface area contributed by atoms with Crippen LogP contribution in [0, 0.1) is 0 Å². The summed E-state index contributed by atoms with van der Waals surface area (Å²) in [6.45, 7) is 1.99. The molecule has 126 valence electrons. The van der Waals surface area contributed by atoms with Gasteiger partial charge < -0.3 is 4.42 Å². The Morgan fingerprint density at radius 1 is 1.20 bits per heavy atom. The van der Waals surface area contributed by atoms with Gasteiger partial charge in [0.15, 0.2) is 5.82 Å². The third kappa shape index (κ3) is 3.53. The van der Waals surface area contributed by atoms with Gasteiger partial charge in [0.25, 0.3) is 5.89 Å². The van der Waals surface area contributed by atoms with E-state index >= 15 is 0 Å². The Hall–Kier alpha value is -1.97. The molecule has 4 rings (SSSR count). The molecule has 0 saturated heterocycles. The van der Waals surface area contributed by atoms with Crippen LogP contribution in [-0.2, 0) is 0 Å². The molecule has 25 heavy (non-hydrogen) atoms. The van der Waals surface area contributed by atoms with E-state index in [2.05, 4.69) is 41.3 Å². The molecule has 0 saturated carbocycles. The molecule has 0 amide bonds. The average Bonchev–Trinajstić information content (AvgIpc) is 3.36. The minimum absolute atomic E-state index is 0.0518. The van der Waals surface area contributed by atoms with Crippen LogP contribution in [0.15, 0.2) is 55.8 Å². The van der Waals surface area contributed by atoms with Gasteiger partial charge in [0.05, 0.1) is 10.1 Å². The number of rotatable bonds is 5. The van der Waals surface area contributed by atoms with Crippen LogP contribution in [0.4, 0.5) is 0 Å². The molecule has 0 aliphatic carbocycles. The van der Waals surface area contributed by atoms with E-state index in [1.54, 1.807) is 11.3 Å². The number of thiophene rings is 1. The fraction of sp³-hybridized carbons (Fsp3) is 0.125. The first-order valence-electron chi connectivity index (χ1n) is 7.42. The zero-order valence-corrected chi connectivity index (χ0v) is 16.2. The molecule has 1 atom stereocenters. The minimum atomic E-state index is -0.0518. The van der Waals surface area contributed by atoms with Crippen molar-refractivity contribution >= 4 is 39.0 Å². The van der Waals surface area contributed by atoms with Gasteiger partial charge in [-0.15, -0.1) is 26.6 Å². The third-order valence-electron chi connectivity index (χ3n) is 3.40. The summed E-state index contributed by atoms with van der Waals surface area (Å²) in [7, 11) is 0. The maximum Gasteiger partial charge on any atom is 0.257 e. The zero-order chi connectivity index (χ0) is 17.2. The lowest BCUT2D eigenvalue weighted by Crippen LogP contribution is -1.89. The fourth-order valence-corrected chi connectivity index (χ4v) is 4.05. The lowest BCUT2D eigenvalue weighted by molar-refractivity contribution is 0.510. The van der Waals surface area contributed by atoms with Crippen LogP contribution >= 0.6 is 39.0 Å². The van der Waals surface area contributed by atoms with Gasteiger partial charge >= 0.3 is 0 Å². The Labute approximate surface area is 160 Å². The highest BCUT2D eigenvalue weighted by Gasteiger charge is 2.19. The van der Waals surface area contributed by atoms with Crippen molar-refractivity contribution < 1.29 is 4.42 Å². The van der Waals surface area contributed by atoms with E-state index < -0.39 is 0 Å². The van der Waals surface area contributed by atoms with Gasteiger partial charge in [-0.2, -0.15) is 0 Å². The van der Waals surface area contributed by atoms with Crippen LogP contribution in [0.25, 0.3) is 22.2 Å². The van der Waals surface area contributed by atoms with Gasteiger partial charge in [0.2, 0.25) is 11.0 Å². The second kappa shape index (κ2) is 7.11. The van der Waals surface area contributed by atoms with Gasteiger partial charge in [-0.3, -0.25) is 5.10 Å². The molecule has 1 unspecified atom stereocenters. The summed E-state index contributed by atoms with van der Waals surface area (Å²) in [4.78, 5) is 5.51. The molecule has 1 aromatic carbocycles. The first-order chi connectivity index (χ1) is 12.2. The monoisotopic (exact) mass is 433 g/mol. The average molecular weight is 434 g/mol. The SMILES string of the molecule is CC(Sc1n[nH]c(-c2ccccc2Br)n1)c1nnc(-c2cccs2)o1. The van der Waals surface area contributed by atoms with Crippen LogP contribution in [0.5, 0.6) is 0 Å². The first kappa shape index (κ1) is 16.5. The number of H-pyrrole nitrogens is 1. The zero-order valence-electron chi connectivity index (χ0n) is 13.0. The van der Waals surface area contributed by atoms with Crippen molar-refractivity contribution in [1.82, 2.24) is 25.4 Å². The van der Waals surface area contributed by atoms with Gasteiger partial charge in [0, 0.05) is 10.0 Å². The Balaban J connectivity index is 1.50. The van der Waals surface area contributed by atoms with E-state index in [0.717, 1.165) is 14.9 Å². The van der Waals surface area contributed by atoms with Crippen LogP contribution in [0.1, 0.15) is 18.1 Å². The molecule has 0 fully saturated rings. The number of hydrogen-bond acceptors (Lipinski definition) is 7. The molecule has 0 radical (unpaired) electrons. The van der Waals surface area contributed by atoms with E-state index in [-0.39, 0.29) is 5.25 Å². The summed E-state index contributed by atoms with van der Waals surface area (Å²) in [6, 6.07) is 11.8. The molecule has 4 aromatic rings. The molecule has 3 heterocycles. The number of aromatic nitrogens is 5. The maximum atomic E-state index is 5.77. The van der Waals surface area contributed by atoms with Crippen molar-refractivity contribution in [2.45, 2.75) is 17.3 Å². The first-order valence-corrected chi connectivity index (χ1v) is 9.97. The molecular weight excluding hydrogens is 422 g/mol. The second-order valence-electron chi connectivity index (χ2n) is 5.13. The molecule has 0 bridgehead atoms. The standard InChI is InChI=1S/C16H12BrN5OS2/c1-9(14-20-21-15(23-14)12-7-4-8-24-12)25-16-18-13(19-22-16)10-5-2-3-6-11(10)17/h2-9H,1H3,(H,18,19,22). The quantitative estimate of drug-likeness (QED) is 0.435. The van der Waals surface area contributed by atoms with Crippen LogP contribution < -0.4 is 0 Å². The number of thioether (sulfide) groups is 1. The molecule has 3 aromatic heterocycles. The van der Waals surface area contributed by atoms with Crippen LogP contribution in [0.2, 0.25) is 0 Å². The van der Waals surface area contributed by atoms with Crippen molar-refractivity contribution in [3.8, 4) is 22.2 Å². The highest BCUT2D eigenvalue weighted by Crippen LogP contribution is 2.35. The minimum Gasteiger partial charge on any atom is -0.419 e. The Kier molecular flexibility index (Phi) is 4.69. The summed E-state index contributed by atoms with van der Waals surface area (Å²) in [6.07, 6.45) is 0. The van der Waals surface area contributed by atoms with Crippen molar-refractivity contribution in [1.29, 1.82) is 0 Å². The Morgan fingerprint density at radius 2 is 2.08 bits per heavy atom. The maximum absolute atomic E-state index is 5.77. The highest BCUT2D eigenvalue weighted by molar-refractivity contribution is 9.10. The lowest BCUT2D eigenvalue weighted by atomic mass is 10.2. The molecule has 0 aliphatic rings. The molecule has 9 heteroatoms. The number of halogens is 1. The van der Waals surface area contributed by atoms with Gasteiger partial charge in [-0.05, 0) is 24.4 Å². The molecule has 0 spiro atoms. The molecular formula is C16H12BrN5OS2. The van der Waals surface area contributed by atoms with E-state index in [9.17, 15) is 0 Å². The lowest BCUT2D eigenvalue weighted by Gasteiger charge is -2.02. The van der Waals surface area contributed by atoms with E-state index in [1.807, 2.05) is 48.7 Å².